The first kappa shape index (κ1) is 14.2. The van der Waals surface area contributed by atoms with Crippen molar-refractivity contribution in [3.05, 3.63) is 70.0 Å². The monoisotopic (exact) mass is 292 g/mol. The molecular weight excluding hydrogens is 283 g/mol. The highest BCUT2D eigenvalue weighted by molar-refractivity contribution is 6.30. The van der Waals surface area contributed by atoms with E-state index in [0.29, 0.717) is 5.56 Å². The van der Waals surface area contributed by atoms with Crippen molar-refractivity contribution in [1.82, 2.24) is 0 Å². The Balaban J connectivity index is 2.30. The van der Waals surface area contributed by atoms with Crippen LogP contribution in [0.1, 0.15) is 26.3 Å². The first-order chi connectivity index (χ1) is 9.49. The SMILES string of the molecule is O=C(Cc1ccccc1C(=O)O)c1ccc(Cl)cc1F. The molecular formula is C15H10ClFO3. The lowest BCUT2D eigenvalue weighted by atomic mass is 9.98. The number of rotatable bonds is 4. The van der Waals surface area contributed by atoms with Crippen LogP contribution < -0.4 is 0 Å². The molecule has 0 radical (unpaired) electrons. The highest BCUT2D eigenvalue weighted by Gasteiger charge is 2.16. The van der Waals surface area contributed by atoms with Crippen LogP contribution in [0.15, 0.2) is 42.5 Å². The molecule has 2 aromatic rings. The highest BCUT2D eigenvalue weighted by atomic mass is 35.5. The molecule has 0 saturated carbocycles. The maximum absolute atomic E-state index is 13.6. The maximum atomic E-state index is 13.6. The Morgan fingerprint density at radius 2 is 1.80 bits per heavy atom. The van der Waals surface area contributed by atoms with Gasteiger partial charge in [-0.1, -0.05) is 29.8 Å². The predicted octanol–water partition coefficient (Wildman–Crippen LogP) is 3.60. The number of carboxylic acids is 1. The van der Waals surface area contributed by atoms with Gasteiger partial charge in [-0.2, -0.15) is 0 Å². The fraction of sp³-hybridized carbons (Fsp3) is 0.0667. The van der Waals surface area contributed by atoms with Gasteiger partial charge in [0.1, 0.15) is 5.82 Å². The van der Waals surface area contributed by atoms with Crippen LogP contribution in [0.5, 0.6) is 0 Å². The van der Waals surface area contributed by atoms with Crippen molar-refractivity contribution in [3.8, 4) is 0 Å². The van der Waals surface area contributed by atoms with Gasteiger partial charge in [0.25, 0.3) is 0 Å². The summed E-state index contributed by atoms with van der Waals surface area (Å²) in [7, 11) is 0. The second-order valence-corrected chi connectivity index (χ2v) is 4.62. The molecule has 0 fully saturated rings. The summed E-state index contributed by atoms with van der Waals surface area (Å²) >= 11 is 5.62. The molecule has 0 heterocycles. The normalized spacial score (nSPS) is 10.3. The smallest absolute Gasteiger partial charge is 0.335 e. The second kappa shape index (κ2) is 5.84. The van der Waals surface area contributed by atoms with E-state index in [1.54, 1.807) is 12.1 Å². The molecule has 102 valence electrons. The van der Waals surface area contributed by atoms with Crippen LogP contribution in [-0.2, 0) is 6.42 Å². The molecule has 20 heavy (non-hydrogen) atoms. The molecule has 2 rings (SSSR count). The van der Waals surface area contributed by atoms with Gasteiger partial charge in [-0.25, -0.2) is 9.18 Å². The number of Topliss-reactive ketones (excluding diaryl/α,β-unsaturated/α-hetero) is 1. The zero-order valence-corrected chi connectivity index (χ0v) is 11.0. The summed E-state index contributed by atoms with van der Waals surface area (Å²) < 4.78 is 13.6. The minimum atomic E-state index is -1.12. The molecule has 0 atom stereocenters. The molecule has 1 N–H and O–H groups in total. The molecule has 0 aliphatic heterocycles. The van der Waals surface area contributed by atoms with Crippen molar-refractivity contribution < 1.29 is 19.1 Å². The van der Waals surface area contributed by atoms with Gasteiger partial charge in [0.15, 0.2) is 5.78 Å². The lowest BCUT2D eigenvalue weighted by Crippen LogP contribution is -2.10. The third kappa shape index (κ3) is 3.03. The van der Waals surface area contributed by atoms with E-state index >= 15 is 0 Å². The quantitative estimate of drug-likeness (QED) is 0.876. The van der Waals surface area contributed by atoms with Gasteiger partial charge in [-0.3, -0.25) is 4.79 Å². The molecule has 0 unspecified atom stereocenters. The van der Waals surface area contributed by atoms with E-state index in [4.69, 9.17) is 16.7 Å². The van der Waals surface area contributed by atoms with Crippen molar-refractivity contribution in [2.75, 3.05) is 0 Å². The lowest BCUT2D eigenvalue weighted by molar-refractivity contribution is 0.0696. The van der Waals surface area contributed by atoms with E-state index < -0.39 is 17.6 Å². The summed E-state index contributed by atoms with van der Waals surface area (Å²) in [4.78, 5) is 23.1. The lowest BCUT2D eigenvalue weighted by Gasteiger charge is -2.06. The van der Waals surface area contributed by atoms with Gasteiger partial charge in [-0.15, -0.1) is 0 Å². The number of ketones is 1. The Morgan fingerprint density at radius 3 is 2.45 bits per heavy atom. The molecule has 0 aliphatic carbocycles. The Kier molecular flexibility index (Phi) is 4.15. The maximum Gasteiger partial charge on any atom is 0.335 e. The Bertz CT molecular complexity index is 683. The fourth-order valence-corrected chi connectivity index (χ4v) is 2.03. The fourth-order valence-electron chi connectivity index (χ4n) is 1.87. The van der Waals surface area contributed by atoms with E-state index in [-0.39, 0.29) is 22.6 Å². The van der Waals surface area contributed by atoms with Gasteiger partial charge in [-0.05, 0) is 29.8 Å². The molecule has 2 aromatic carbocycles. The van der Waals surface area contributed by atoms with Gasteiger partial charge < -0.3 is 5.11 Å². The standard InChI is InChI=1S/C15H10ClFO3/c16-10-5-6-12(13(17)8-10)14(18)7-9-3-1-2-4-11(9)15(19)20/h1-6,8H,7H2,(H,19,20). The second-order valence-electron chi connectivity index (χ2n) is 4.19. The van der Waals surface area contributed by atoms with Crippen molar-refractivity contribution >= 4 is 23.4 Å². The van der Waals surface area contributed by atoms with E-state index in [1.165, 1.54) is 24.3 Å². The van der Waals surface area contributed by atoms with Crippen LogP contribution in [0.4, 0.5) is 4.39 Å². The number of hydrogen-bond donors (Lipinski definition) is 1. The summed E-state index contributed by atoms with van der Waals surface area (Å²) in [6.45, 7) is 0. The predicted molar refractivity (Wildman–Crippen MR) is 72.8 cm³/mol. The Hall–Kier alpha value is -2.20. The largest absolute Gasteiger partial charge is 0.478 e. The third-order valence-corrected chi connectivity index (χ3v) is 3.07. The zero-order valence-electron chi connectivity index (χ0n) is 10.3. The van der Waals surface area contributed by atoms with Crippen LogP contribution in [-0.4, -0.2) is 16.9 Å². The van der Waals surface area contributed by atoms with Crippen molar-refractivity contribution in [1.29, 1.82) is 0 Å². The minimum absolute atomic E-state index is 0.0372. The Labute approximate surface area is 119 Å². The molecule has 0 spiro atoms. The number of benzene rings is 2. The van der Waals surface area contributed by atoms with Gasteiger partial charge in [0.2, 0.25) is 0 Å². The van der Waals surface area contributed by atoms with Crippen LogP contribution in [0.2, 0.25) is 5.02 Å². The molecule has 0 aliphatic rings. The number of aromatic carboxylic acids is 1. The summed E-state index contributed by atoms with van der Waals surface area (Å²) in [5, 5.41) is 9.24. The van der Waals surface area contributed by atoms with E-state index in [2.05, 4.69) is 0 Å². The summed E-state index contributed by atoms with van der Waals surface area (Å²) in [6, 6.07) is 9.91. The zero-order chi connectivity index (χ0) is 14.7. The van der Waals surface area contributed by atoms with Crippen LogP contribution in [0, 0.1) is 5.82 Å². The Morgan fingerprint density at radius 1 is 1.10 bits per heavy atom. The first-order valence-corrected chi connectivity index (χ1v) is 6.16. The van der Waals surface area contributed by atoms with Crippen molar-refractivity contribution in [3.63, 3.8) is 0 Å². The van der Waals surface area contributed by atoms with E-state index in [9.17, 15) is 14.0 Å². The number of hydrogen-bond acceptors (Lipinski definition) is 2. The van der Waals surface area contributed by atoms with Crippen LogP contribution >= 0.6 is 11.6 Å². The average molecular weight is 293 g/mol. The topological polar surface area (TPSA) is 54.4 Å². The van der Waals surface area contributed by atoms with Crippen molar-refractivity contribution in [2.24, 2.45) is 0 Å². The first-order valence-electron chi connectivity index (χ1n) is 5.78. The van der Waals surface area contributed by atoms with E-state index in [1.807, 2.05) is 0 Å². The summed E-state index contributed by atoms with van der Waals surface area (Å²) in [5.74, 6) is -2.33. The summed E-state index contributed by atoms with van der Waals surface area (Å²) in [5.41, 5.74) is 0.282. The molecule has 0 aromatic heterocycles. The van der Waals surface area contributed by atoms with Gasteiger partial charge in [0.05, 0.1) is 11.1 Å². The minimum Gasteiger partial charge on any atom is -0.478 e. The number of carbonyl (C=O) groups excluding carboxylic acids is 1. The molecule has 3 nitrogen and oxygen atoms in total. The number of carbonyl (C=O) groups is 2. The van der Waals surface area contributed by atoms with Gasteiger partial charge in [0, 0.05) is 11.4 Å². The number of halogens is 2. The molecule has 5 heteroatoms. The molecule has 0 amide bonds. The van der Waals surface area contributed by atoms with Crippen molar-refractivity contribution in [2.45, 2.75) is 6.42 Å². The average Bonchev–Trinajstić information content (AvgIpc) is 2.38. The third-order valence-electron chi connectivity index (χ3n) is 2.83. The highest BCUT2D eigenvalue weighted by Crippen LogP contribution is 2.18. The molecule has 0 bridgehead atoms. The van der Waals surface area contributed by atoms with Gasteiger partial charge >= 0.3 is 5.97 Å². The van der Waals surface area contributed by atoms with Crippen LogP contribution in [0.3, 0.4) is 0 Å². The van der Waals surface area contributed by atoms with E-state index in [0.717, 1.165) is 6.07 Å². The number of carboxylic acid groups (broad SMARTS) is 1. The van der Waals surface area contributed by atoms with Crippen LogP contribution in [0.25, 0.3) is 0 Å². The summed E-state index contributed by atoms with van der Waals surface area (Å²) in [6.07, 6.45) is -0.180. The molecule has 0 saturated heterocycles.